The van der Waals surface area contributed by atoms with Crippen molar-refractivity contribution in [2.24, 2.45) is 0 Å². The highest BCUT2D eigenvalue weighted by molar-refractivity contribution is 5.93. The lowest BCUT2D eigenvalue weighted by Crippen LogP contribution is -2.48. The van der Waals surface area contributed by atoms with Gasteiger partial charge in [0.15, 0.2) is 0 Å². The monoisotopic (exact) mass is 495 g/mol. The fourth-order valence-electron chi connectivity index (χ4n) is 4.38. The zero-order chi connectivity index (χ0) is 25.9. The number of nitriles is 1. The second-order valence-corrected chi connectivity index (χ2v) is 8.81. The molecule has 0 radical (unpaired) electrons. The molecule has 1 atom stereocenters. The van der Waals surface area contributed by atoms with Crippen molar-refractivity contribution in [2.75, 3.05) is 38.2 Å². The van der Waals surface area contributed by atoms with Gasteiger partial charge in [0.05, 0.1) is 36.1 Å². The molecule has 11 nitrogen and oxygen atoms in total. The van der Waals surface area contributed by atoms with E-state index in [2.05, 4.69) is 37.3 Å². The van der Waals surface area contributed by atoms with Gasteiger partial charge < -0.3 is 14.5 Å². The highest BCUT2D eigenvalue weighted by atomic mass is 16.5. The maximum absolute atomic E-state index is 11.8. The summed E-state index contributed by atoms with van der Waals surface area (Å²) in [7, 11) is 1.66. The van der Waals surface area contributed by atoms with Crippen LogP contribution in [-0.2, 0) is 16.1 Å². The number of pyridine rings is 2. The van der Waals surface area contributed by atoms with Crippen LogP contribution in [0.5, 0.6) is 0 Å². The summed E-state index contributed by atoms with van der Waals surface area (Å²) in [6.45, 7) is 4.96. The van der Waals surface area contributed by atoms with Gasteiger partial charge in [0, 0.05) is 62.4 Å². The summed E-state index contributed by atoms with van der Waals surface area (Å²) in [4.78, 5) is 20.2. The number of hydrogen-bond donors (Lipinski definition) is 0. The van der Waals surface area contributed by atoms with Crippen LogP contribution in [0.1, 0.15) is 12.5 Å². The van der Waals surface area contributed by atoms with Gasteiger partial charge in [-0.3, -0.25) is 4.79 Å². The van der Waals surface area contributed by atoms with Gasteiger partial charge in [0.1, 0.15) is 17.6 Å². The van der Waals surface area contributed by atoms with Crippen molar-refractivity contribution in [3.8, 4) is 40.8 Å². The van der Waals surface area contributed by atoms with Crippen LogP contribution in [0.4, 0.5) is 5.82 Å². The maximum atomic E-state index is 11.8. The predicted molar refractivity (Wildman–Crippen MR) is 136 cm³/mol. The number of fused-ring (bicyclic) bond motifs is 1. The summed E-state index contributed by atoms with van der Waals surface area (Å²) in [5.41, 5.74) is 4.32. The van der Waals surface area contributed by atoms with E-state index < -0.39 is 0 Å². The first-order chi connectivity index (χ1) is 18.0. The molecule has 1 unspecified atom stereocenters. The zero-order valence-corrected chi connectivity index (χ0v) is 20.6. The number of aromatic nitrogens is 6. The minimum Gasteiger partial charge on any atom is -0.380 e. The topological polar surface area (TPSA) is 117 Å². The lowest BCUT2D eigenvalue weighted by Gasteiger charge is -2.34. The molecule has 5 rings (SSSR count). The molecule has 5 heterocycles. The number of piperazine rings is 1. The van der Waals surface area contributed by atoms with E-state index in [1.54, 1.807) is 33.6 Å². The van der Waals surface area contributed by atoms with Crippen LogP contribution >= 0.6 is 0 Å². The fraction of sp³-hybridized carbons (Fsp3) is 0.308. The Labute approximate surface area is 213 Å². The molecule has 1 amide bonds. The van der Waals surface area contributed by atoms with Gasteiger partial charge in [0.2, 0.25) is 0 Å². The van der Waals surface area contributed by atoms with E-state index in [0.29, 0.717) is 49.5 Å². The lowest BCUT2D eigenvalue weighted by molar-refractivity contribution is -0.125. The third kappa shape index (κ3) is 4.73. The third-order valence-electron chi connectivity index (χ3n) is 6.49. The van der Waals surface area contributed by atoms with Gasteiger partial charge in [-0.25, -0.2) is 14.2 Å². The van der Waals surface area contributed by atoms with Crippen LogP contribution in [0.3, 0.4) is 0 Å². The Kier molecular flexibility index (Phi) is 6.54. The summed E-state index contributed by atoms with van der Waals surface area (Å²) in [5, 5.41) is 22.6. The van der Waals surface area contributed by atoms with Gasteiger partial charge in [-0.2, -0.15) is 10.4 Å². The third-order valence-corrected chi connectivity index (χ3v) is 6.49. The average molecular weight is 496 g/mol. The Morgan fingerprint density at radius 3 is 2.68 bits per heavy atom. The zero-order valence-electron chi connectivity index (χ0n) is 20.6. The normalized spacial score (nSPS) is 14.4. The van der Waals surface area contributed by atoms with Crippen molar-refractivity contribution in [2.45, 2.75) is 19.6 Å². The van der Waals surface area contributed by atoms with Crippen LogP contribution in [0.2, 0.25) is 0 Å². The van der Waals surface area contributed by atoms with E-state index >= 15 is 0 Å². The van der Waals surface area contributed by atoms with Gasteiger partial charge in [-0.05, 0) is 31.0 Å². The summed E-state index contributed by atoms with van der Waals surface area (Å²) in [5.74, 6) is 2.70. The SMILES string of the molecule is C#CC(=O)N1CCN(c2ccc(-c3cc(-c4cn(CC(C)OC)nn4)cn4ncc(C#N)c34)cn2)CC1. The highest BCUT2D eigenvalue weighted by Gasteiger charge is 2.21. The molecule has 0 aromatic carbocycles. The molecule has 0 bridgehead atoms. The molecule has 37 heavy (non-hydrogen) atoms. The smallest absolute Gasteiger partial charge is 0.298 e. The van der Waals surface area contributed by atoms with E-state index in [4.69, 9.17) is 11.2 Å². The number of carbonyl (C=O) groups is 1. The Morgan fingerprint density at radius 1 is 1.19 bits per heavy atom. The maximum Gasteiger partial charge on any atom is 0.298 e. The second-order valence-electron chi connectivity index (χ2n) is 8.81. The predicted octanol–water partition coefficient (Wildman–Crippen LogP) is 1.84. The molecule has 1 aliphatic rings. The Hall–Kier alpha value is -4.74. The molecule has 0 spiro atoms. The van der Waals surface area contributed by atoms with Gasteiger partial charge >= 0.3 is 0 Å². The van der Waals surface area contributed by atoms with Crippen LogP contribution in [0.25, 0.3) is 27.9 Å². The summed E-state index contributed by atoms with van der Waals surface area (Å²) >= 11 is 0. The molecule has 4 aromatic heterocycles. The second kappa shape index (κ2) is 10.1. The van der Waals surface area contributed by atoms with Crippen molar-refractivity contribution in [1.29, 1.82) is 5.26 Å². The van der Waals surface area contributed by atoms with Gasteiger partial charge in [-0.1, -0.05) is 5.21 Å². The first-order valence-electron chi connectivity index (χ1n) is 11.8. The fourth-order valence-corrected chi connectivity index (χ4v) is 4.38. The average Bonchev–Trinajstić information content (AvgIpc) is 3.59. The first-order valence-corrected chi connectivity index (χ1v) is 11.8. The van der Waals surface area contributed by atoms with Crippen molar-refractivity contribution >= 4 is 17.2 Å². The van der Waals surface area contributed by atoms with Crippen LogP contribution in [0.15, 0.2) is 43.0 Å². The standard InChI is InChI=1S/C26H25N9O2/c1-4-25(36)33-9-7-32(8-10-33)24-6-5-19(13-28-24)22-11-20(16-35-26(22)21(12-27)14-29-35)23-17-34(31-30-23)15-18(2)37-3/h1,5-6,11,13-14,16-18H,7-10,15H2,2-3H3. The van der Waals surface area contributed by atoms with E-state index in [1.807, 2.05) is 37.5 Å². The Balaban J connectivity index is 1.46. The van der Waals surface area contributed by atoms with Crippen LogP contribution in [0, 0.1) is 23.7 Å². The van der Waals surface area contributed by atoms with Crippen LogP contribution < -0.4 is 4.90 Å². The summed E-state index contributed by atoms with van der Waals surface area (Å²) < 4.78 is 8.75. The minimum atomic E-state index is -0.283. The number of methoxy groups -OCH3 is 1. The van der Waals surface area contributed by atoms with Gasteiger partial charge in [0.25, 0.3) is 5.91 Å². The van der Waals surface area contributed by atoms with Crippen molar-refractivity contribution < 1.29 is 9.53 Å². The van der Waals surface area contributed by atoms with Crippen LogP contribution in [-0.4, -0.2) is 79.8 Å². The number of ether oxygens (including phenoxy) is 1. The van der Waals surface area contributed by atoms with Gasteiger partial charge in [-0.15, -0.1) is 11.5 Å². The summed E-state index contributed by atoms with van der Waals surface area (Å²) in [6.07, 6.45) is 12.3. The number of terminal acetylenes is 1. The van der Waals surface area contributed by atoms with Crippen molar-refractivity contribution in [1.82, 2.24) is 34.5 Å². The Morgan fingerprint density at radius 2 is 2.00 bits per heavy atom. The molecule has 0 saturated carbocycles. The van der Waals surface area contributed by atoms with E-state index in [0.717, 1.165) is 22.5 Å². The molecular formula is C26H25N9O2. The highest BCUT2D eigenvalue weighted by Crippen LogP contribution is 2.32. The molecule has 11 heteroatoms. The molecule has 1 saturated heterocycles. The van der Waals surface area contributed by atoms with E-state index in [-0.39, 0.29) is 12.0 Å². The molecule has 1 aliphatic heterocycles. The molecule has 4 aromatic rings. The number of carbonyl (C=O) groups excluding carboxylic acids is 1. The van der Waals surface area contributed by atoms with E-state index in [9.17, 15) is 10.1 Å². The quantitative estimate of drug-likeness (QED) is 0.372. The van der Waals surface area contributed by atoms with E-state index in [1.165, 1.54) is 0 Å². The summed E-state index contributed by atoms with van der Waals surface area (Å²) in [6, 6.07) is 8.13. The Bertz CT molecular complexity index is 1520. The first kappa shape index (κ1) is 24.0. The molecule has 186 valence electrons. The number of nitrogens with zero attached hydrogens (tertiary/aromatic N) is 9. The lowest BCUT2D eigenvalue weighted by atomic mass is 10.0. The molecular weight excluding hydrogens is 470 g/mol. The largest absolute Gasteiger partial charge is 0.380 e. The molecule has 1 fully saturated rings. The molecule has 0 aliphatic carbocycles. The van der Waals surface area contributed by atoms with Crippen molar-refractivity contribution in [3.63, 3.8) is 0 Å². The number of hydrogen-bond acceptors (Lipinski definition) is 8. The molecule has 0 N–H and O–H groups in total. The minimum absolute atomic E-state index is 0.00211. The number of amides is 1. The number of anilines is 1. The van der Waals surface area contributed by atoms with Crippen molar-refractivity contribution in [3.05, 3.63) is 48.5 Å². The number of rotatable bonds is 6.